The Balaban J connectivity index is 0.00000200. The molecule has 1 unspecified atom stereocenters. The zero-order chi connectivity index (χ0) is 25.1. The lowest BCUT2D eigenvalue weighted by Gasteiger charge is -2.28. The van der Waals surface area contributed by atoms with Crippen molar-refractivity contribution in [1.29, 1.82) is 0 Å². The summed E-state index contributed by atoms with van der Waals surface area (Å²) >= 11 is 0. The quantitative estimate of drug-likeness (QED) is 0.377. The van der Waals surface area contributed by atoms with Crippen LogP contribution in [0.3, 0.4) is 0 Å². The first-order chi connectivity index (χ1) is 17.5. The Labute approximate surface area is 221 Å². The number of amides is 1. The summed E-state index contributed by atoms with van der Waals surface area (Å²) in [4.78, 5) is 17.9. The topological polar surface area (TPSA) is 99.8 Å². The molecule has 0 bridgehead atoms. The normalized spacial score (nSPS) is 13.8. The Morgan fingerprint density at radius 3 is 2.46 bits per heavy atom. The molecule has 1 aromatic heterocycles. The van der Waals surface area contributed by atoms with Crippen LogP contribution >= 0.6 is 0 Å². The zero-order valence-corrected chi connectivity index (χ0v) is 21.7. The van der Waals surface area contributed by atoms with Crippen molar-refractivity contribution in [2.75, 3.05) is 19.5 Å². The maximum Gasteiger partial charge on any atom is 0.251 e. The smallest absolute Gasteiger partial charge is 0.251 e. The molecular weight excluding hydrogens is 484 g/mol. The average Bonchev–Trinajstić information content (AvgIpc) is 2.87. The molecule has 192 valence electrons. The first-order valence-electron chi connectivity index (χ1n) is 11.9. The Hall–Kier alpha value is -3.65. The molecule has 0 saturated carbocycles. The van der Waals surface area contributed by atoms with Crippen molar-refractivity contribution in [2.24, 2.45) is 0 Å². The molecule has 1 aliphatic rings. The molecule has 0 radical (unpaired) electrons. The highest BCUT2D eigenvalue weighted by Crippen LogP contribution is 2.36. The van der Waals surface area contributed by atoms with Gasteiger partial charge in [-0.05, 0) is 70.6 Å². The number of rotatable bonds is 7. The van der Waals surface area contributed by atoms with Crippen molar-refractivity contribution in [1.82, 2.24) is 10.3 Å². The molecule has 1 aliphatic heterocycles. The van der Waals surface area contributed by atoms with Gasteiger partial charge in [-0.25, -0.2) is 0 Å². The number of carbonyl (C=O) groups is 1. The third-order valence-corrected chi connectivity index (χ3v) is 7.62. The van der Waals surface area contributed by atoms with Crippen LogP contribution in [0.25, 0.3) is 22.3 Å². The highest BCUT2D eigenvalue weighted by Gasteiger charge is 2.24. The van der Waals surface area contributed by atoms with Crippen LogP contribution in [0.2, 0.25) is 0 Å². The van der Waals surface area contributed by atoms with E-state index in [0.29, 0.717) is 22.9 Å². The van der Waals surface area contributed by atoms with Gasteiger partial charge in [0, 0.05) is 30.3 Å². The van der Waals surface area contributed by atoms with E-state index in [0.717, 1.165) is 35.6 Å². The minimum atomic E-state index is -1.15. The lowest BCUT2D eigenvalue weighted by molar-refractivity contribution is 0.00864. The van der Waals surface area contributed by atoms with Gasteiger partial charge in [0.05, 0.1) is 36.3 Å². The lowest BCUT2D eigenvalue weighted by atomic mass is 9.87. The maximum atomic E-state index is 12.7. The van der Waals surface area contributed by atoms with Crippen LogP contribution in [-0.2, 0) is 22.1 Å². The van der Waals surface area contributed by atoms with Crippen LogP contribution in [0.5, 0.6) is 0 Å². The van der Waals surface area contributed by atoms with Crippen LogP contribution in [0.1, 0.15) is 34.5 Å². The molecule has 6 nitrogen and oxygen atoms in total. The summed E-state index contributed by atoms with van der Waals surface area (Å²) < 4.78 is 17.4. The number of nitrogens with zero attached hydrogens (tertiary/aromatic N) is 1. The molecule has 3 N–H and O–H groups in total. The van der Waals surface area contributed by atoms with Gasteiger partial charge in [0.2, 0.25) is 0 Å². The summed E-state index contributed by atoms with van der Waals surface area (Å²) in [6, 6.07) is 26.3. The second-order valence-corrected chi connectivity index (χ2v) is 10.4. The van der Waals surface area contributed by atoms with Crippen LogP contribution in [0.15, 0.2) is 90.0 Å². The molecule has 37 heavy (non-hydrogen) atoms. The summed E-state index contributed by atoms with van der Waals surface area (Å²) in [7, 11) is -1.15. The van der Waals surface area contributed by atoms with E-state index in [1.807, 2.05) is 31.2 Å². The van der Waals surface area contributed by atoms with Gasteiger partial charge in [-0.2, -0.15) is 0 Å². The number of hydrogen-bond acceptors (Lipinski definition) is 4. The van der Waals surface area contributed by atoms with E-state index in [2.05, 4.69) is 52.8 Å². The molecule has 0 aliphatic carbocycles. The van der Waals surface area contributed by atoms with E-state index in [-0.39, 0.29) is 12.8 Å². The van der Waals surface area contributed by atoms with Crippen molar-refractivity contribution < 1.29 is 20.6 Å². The molecule has 4 aromatic rings. The Kier molecular flexibility index (Phi) is 8.28. The second kappa shape index (κ2) is 11.6. The zero-order valence-electron chi connectivity index (χ0n) is 20.9. The van der Waals surface area contributed by atoms with Crippen molar-refractivity contribution >= 4 is 16.7 Å². The van der Waals surface area contributed by atoms with Crippen molar-refractivity contribution in [2.45, 2.75) is 24.3 Å². The fourth-order valence-corrected chi connectivity index (χ4v) is 5.27. The van der Waals surface area contributed by atoms with Gasteiger partial charge in [0.15, 0.2) is 0 Å². The first-order valence-corrected chi connectivity index (χ1v) is 13.5. The number of pyridine rings is 1. The fourth-order valence-electron chi connectivity index (χ4n) is 4.45. The SMILES string of the molecule is Cc1ccc(C(=O)NCc2cc(-c3ccc(C4COC4)c(-c4ccccc4)c3)ccn2)cc1S(C)=O.O.[HH]. The average molecular weight is 517 g/mol. The van der Waals surface area contributed by atoms with E-state index in [9.17, 15) is 9.00 Å². The van der Waals surface area contributed by atoms with Gasteiger partial charge in [-0.15, -0.1) is 0 Å². The van der Waals surface area contributed by atoms with E-state index >= 15 is 0 Å². The van der Waals surface area contributed by atoms with Gasteiger partial charge < -0.3 is 15.5 Å². The van der Waals surface area contributed by atoms with Gasteiger partial charge in [-0.3, -0.25) is 14.0 Å². The van der Waals surface area contributed by atoms with Crippen LogP contribution in [-0.4, -0.2) is 40.0 Å². The number of aryl methyl sites for hydroxylation is 1. The van der Waals surface area contributed by atoms with E-state index in [1.54, 1.807) is 24.6 Å². The Morgan fingerprint density at radius 1 is 1.00 bits per heavy atom. The number of nitrogens with one attached hydrogen (secondary N) is 1. The third-order valence-electron chi connectivity index (χ3n) is 6.56. The molecule has 5 rings (SSSR count). The molecular formula is C30H32N2O4S. The number of aromatic nitrogens is 1. The highest BCUT2D eigenvalue weighted by molar-refractivity contribution is 7.84. The molecule has 0 spiro atoms. The largest absolute Gasteiger partial charge is 0.412 e. The summed E-state index contributed by atoms with van der Waals surface area (Å²) in [6.07, 6.45) is 3.39. The molecule has 1 amide bonds. The minimum Gasteiger partial charge on any atom is -0.412 e. The van der Waals surface area contributed by atoms with E-state index in [4.69, 9.17) is 4.74 Å². The van der Waals surface area contributed by atoms with Crippen molar-refractivity contribution in [3.05, 3.63) is 107 Å². The van der Waals surface area contributed by atoms with Crippen molar-refractivity contribution in [3.8, 4) is 22.3 Å². The summed E-state index contributed by atoms with van der Waals surface area (Å²) in [5.74, 6) is 0.206. The summed E-state index contributed by atoms with van der Waals surface area (Å²) in [5.41, 5.74) is 8.03. The second-order valence-electron chi connectivity index (χ2n) is 9.06. The molecule has 1 atom stereocenters. The summed E-state index contributed by atoms with van der Waals surface area (Å²) in [6.45, 7) is 3.71. The monoisotopic (exact) mass is 516 g/mol. The fraction of sp³-hybridized carbons (Fsp3) is 0.200. The van der Waals surface area contributed by atoms with Gasteiger partial charge in [-0.1, -0.05) is 48.5 Å². The summed E-state index contributed by atoms with van der Waals surface area (Å²) in [5, 5.41) is 2.94. The number of carbonyl (C=O) groups excluding carboxylic acids is 1. The standard InChI is InChI=1S/C30H28N2O3S.H2O.H2/c1-20-8-9-24(16-29(20)36(2)34)30(33)32-17-26-14-23(12-13-31-26)22-10-11-27(25-18-35-19-25)28(15-22)21-6-4-3-5-7-21;;/h3-16,25H,17-19H2,1-2H3,(H,32,33);1H2;1H. The molecule has 1 fully saturated rings. The molecule has 1 saturated heterocycles. The van der Waals surface area contributed by atoms with Crippen LogP contribution in [0.4, 0.5) is 0 Å². The Morgan fingerprint density at radius 2 is 1.76 bits per heavy atom. The maximum absolute atomic E-state index is 12.7. The van der Waals surface area contributed by atoms with Gasteiger partial charge in [0.1, 0.15) is 0 Å². The van der Waals surface area contributed by atoms with Crippen LogP contribution < -0.4 is 5.32 Å². The molecule has 2 heterocycles. The minimum absolute atomic E-state index is 0. The third kappa shape index (κ3) is 5.85. The lowest BCUT2D eigenvalue weighted by Crippen LogP contribution is -2.25. The number of benzene rings is 3. The highest BCUT2D eigenvalue weighted by atomic mass is 32.2. The van der Waals surface area contributed by atoms with Gasteiger partial charge in [0.25, 0.3) is 5.91 Å². The number of hydrogen-bond donors (Lipinski definition) is 1. The molecule has 3 aromatic carbocycles. The van der Waals surface area contributed by atoms with E-state index in [1.165, 1.54) is 16.7 Å². The van der Waals surface area contributed by atoms with Gasteiger partial charge >= 0.3 is 0 Å². The van der Waals surface area contributed by atoms with E-state index < -0.39 is 10.8 Å². The predicted octanol–water partition coefficient (Wildman–Crippen LogP) is 4.93. The first kappa shape index (κ1) is 26.4. The number of ether oxygens (including phenoxy) is 1. The van der Waals surface area contributed by atoms with Crippen LogP contribution in [0, 0.1) is 6.92 Å². The van der Waals surface area contributed by atoms with Crippen molar-refractivity contribution in [3.63, 3.8) is 0 Å². The molecule has 7 heteroatoms. The predicted molar refractivity (Wildman–Crippen MR) is 149 cm³/mol. The Bertz CT molecular complexity index is 1440.